The van der Waals surface area contributed by atoms with E-state index in [9.17, 15) is 14.9 Å². The molecule has 7 heteroatoms. The van der Waals surface area contributed by atoms with Gasteiger partial charge in [0.2, 0.25) is 5.75 Å². The van der Waals surface area contributed by atoms with Gasteiger partial charge in [-0.25, -0.2) is 9.68 Å². The molecule has 0 aliphatic heterocycles. The molecule has 0 fully saturated rings. The van der Waals surface area contributed by atoms with E-state index in [0.717, 1.165) is 0 Å². The first-order valence-corrected chi connectivity index (χ1v) is 7.34. The molecule has 2 rings (SSSR count). The van der Waals surface area contributed by atoms with E-state index >= 15 is 0 Å². The van der Waals surface area contributed by atoms with Gasteiger partial charge in [-0.1, -0.05) is 13.8 Å². The van der Waals surface area contributed by atoms with E-state index in [2.05, 4.69) is 4.98 Å². The summed E-state index contributed by atoms with van der Waals surface area (Å²) < 4.78 is 0. The molecule has 7 nitrogen and oxygen atoms in total. The van der Waals surface area contributed by atoms with Crippen LogP contribution in [0.15, 0.2) is 30.5 Å². The van der Waals surface area contributed by atoms with Gasteiger partial charge in [0.25, 0.3) is 5.69 Å². The highest BCUT2D eigenvalue weighted by Crippen LogP contribution is 2.32. The summed E-state index contributed by atoms with van der Waals surface area (Å²) in [6.45, 7) is 5.59. The van der Waals surface area contributed by atoms with E-state index in [1.807, 2.05) is 13.8 Å². The van der Waals surface area contributed by atoms with Crippen LogP contribution in [0.3, 0.4) is 0 Å². The predicted molar refractivity (Wildman–Crippen MR) is 83.8 cm³/mol. The number of hydrogen-bond acceptors (Lipinski definition) is 6. The number of aromatic nitrogens is 1. The number of rotatable bonds is 6. The molecule has 0 N–H and O–H groups in total. The van der Waals surface area contributed by atoms with Crippen molar-refractivity contribution in [2.75, 3.05) is 0 Å². The molecule has 0 spiro atoms. The average Bonchev–Trinajstić information content (AvgIpc) is 2.58. The van der Waals surface area contributed by atoms with Crippen molar-refractivity contribution in [3.8, 4) is 5.75 Å². The fraction of sp³-hybridized carbons (Fsp3) is 0.375. The summed E-state index contributed by atoms with van der Waals surface area (Å²) in [6.07, 6.45) is 2.72. The third-order valence-corrected chi connectivity index (χ3v) is 4.17. The molecule has 0 bridgehead atoms. The number of hydrogen-bond donors (Lipinski definition) is 0. The number of nitro benzene ring substituents is 1. The van der Waals surface area contributed by atoms with E-state index in [4.69, 9.17) is 9.78 Å². The van der Waals surface area contributed by atoms with E-state index < -0.39 is 16.3 Å². The maximum atomic E-state index is 12.1. The monoisotopic (exact) mass is 318 g/mol. The standard InChI is InChI=1S/C16H18N2O5/c1-4-16(3,5-2)15(19)23-22-13-9-8-12(18(20)21)11-7-6-10-17-14(11)13/h6-10H,4-5H2,1-3H3. The number of carbonyl (C=O) groups is 1. The normalized spacial score (nSPS) is 11.3. The van der Waals surface area contributed by atoms with Gasteiger partial charge in [-0.15, -0.1) is 0 Å². The van der Waals surface area contributed by atoms with E-state index in [1.54, 1.807) is 19.1 Å². The van der Waals surface area contributed by atoms with Gasteiger partial charge < -0.3 is 0 Å². The number of benzene rings is 1. The lowest BCUT2D eigenvalue weighted by molar-refractivity contribution is -0.383. The Labute approximate surface area is 133 Å². The molecule has 0 atom stereocenters. The van der Waals surface area contributed by atoms with Crippen molar-refractivity contribution < 1.29 is 19.5 Å². The van der Waals surface area contributed by atoms with Crippen LogP contribution in [-0.4, -0.2) is 15.9 Å². The third kappa shape index (κ3) is 3.23. The SMILES string of the molecule is CCC(C)(CC)C(=O)OOc1ccc([N+](=O)[O-])c2cccnc12. The number of fused-ring (bicyclic) bond motifs is 1. The molecular formula is C16H18N2O5. The molecule has 1 aromatic carbocycles. The van der Waals surface area contributed by atoms with Gasteiger partial charge in [-0.3, -0.25) is 20.0 Å². The Bertz CT molecular complexity index is 740. The molecule has 0 radical (unpaired) electrons. The minimum Gasteiger partial charge on any atom is -0.285 e. The lowest BCUT2D eigenvalue weighted by atomic mass is 9.85. The lowest BCUT2D eigenvalue weighted by Crippen LogP contribution is -2.29. The predicted octanol–water partition coefficient (Wildman–Crippen LogP) is 3.81. The fourth-order valence-electron chi connectivity index (χ4n) is 2.08. The topological polar surface area (TPSA) is 91.6 Å². The number of pyridine rings is 1. The Kier molecular flexibility index (Phi) is 4.78. The Balaban J connectivity index is 2.30. The minimum absolute atomic E-state index is 0.0845. The third-order valence-electron chi connectivity index (χ3n) is 4.17. The van der Waals surface area contributed by atoms with Crippen molar-refractivity contribution in [2.45, 2.75) is 33.6 Å². The fourth-order valence-corrected chi connectivity index (χ4v) is 2.08. The average molecular weight is 318 g/mol. The molecule has 1 heterocycles. The van der Waals surface area contributed by atoms with Crippen LogP contribution in [0.4, 0.5) is 5.69 Å². The summed E-state index contributed by atoms with van der Waals surface area (Å²) in [6, 6.07) is 5.83. The van der Waals surface area contributed by atoms with Gasteiger partial charge in [-0.2, -0.15) is 0 Å². The van der Waals surface area contributed by atoms with Crippen molar-refractivity contribution in [3.05, 3.63) is 40.6 Å². The second-order valence-corrected chi connectivity index (χ2v) is 5.46. The van der Waals surface area contributed by atoms with Crippen molar-refractivity contribution in [1.29, 1.82) is 0 Å². The Morgan fingerprint density at radius 3 is 2.61 bits per heavy atom. The summed E-state index contributed by atoms with van der Waals surface area (Å²) in [5.41, 5.74) is -0.452. The maximum absolute atomic E-state index is 12.1. The zero-order chi connectivity index (χ0) is 17.0. The van der Waals surface area contributed by atoms with Crippen LogP contribution in [0.2, 0.25) is 0 Å². The molecule has 0 aliphatic carbocycles. The highest BCUT2D eigenvalue weighted by atomic mass is 17.2. The Morgan fingerprint density at radius 1 is 1.30 bits per heavy atom. The first kappa shape index (κ1) is 16.7. The number of carbonyl (C=O) groups excluding carboxylic acids is 1. The van der Waals surface area contributed by atoms with Gasteiger partial charge >= 0.3 is 5.97 Å². The first-order chi connectivity index (χ1) is 10.9. The quantitative estimate of drug-likeness (QED) is 0.457. The maximum Gasteiger partial charge on any atom is 0.361 e. The van der Waals surface area contributed by atoms with Crippen LogP contribution in [0.1, 0.15) is 33.6 Å². The molecule has 1 aromatic heterocycles. The summed E-state index contributed by atoms with van der Waals surface area (Å²) in [7, 11) is 0. The summed E-state index contributed by atoms with van der Waals surface area (Å²) in [5.74, 6) is -0.320. The molecular weight excluding hydrogens is 300 g/mol. The van der Waals surface area contributed by atoms with Crippen LogP contribution < -0.4 is 4.89 Å². The molecule has 0 saturated carbocycles. The zero-order valence-electron chi connectivity index (χ0n) is 13.2. The van der Waals surface area contributed by atoms with Crippen molar-refractivity contribution in [3.63, 3.8) is 0 Å². The zero-order valence-corrected chi connectivity index (χ0v) is 13.2. The lowest BCUT2D eigenvalue weighted by Gasteiger charge is -2.22. The van der Waals surface area contributed by atoms with Crippen LogP contribution in [-0.2, 0) is 9.68 Å². The molecule has 0 aliphatic rings. The second-order valence-electron chi connectivity index (χ2n) is 5.46. The van der Waals surface area contributed by atoms with Gasteiger partial charge in [0.15, 0.2) is 0 Å². The van der Waals surface area contributed by atoms with E-state index in [0.29, 0.717) is 18.2 Å². The first-order valence-electron chi connectivity index (χ1n) is 7.34. The Morgan fingerprint density at radius 2 is 2.00 bits per heavy atom. The molecule has 0 unspecified atom stereocenters. The van der Waals surface area contributed by atoms with Crippen molar-refractivity contribution in [1.82, 2.24) is 4.98 Å². The summed E-state index contributed by atoms with van der Waals surface area (Å²) in [5, 5.41) is 11.4. The van der Waals surface area contributed by atoms with Crippen LogP contribution >= 0.6 is 0 Å². The second kappa shape index (κ2) is 6.60. The number of nitro groups is 1. The Hall–Kier alpha value is -2.70. The number of nitrogens with zero attached hydrogens (tertiary/aromatic N) is 2. The smallest absolute Gasteiger partial charge is 0.285 e. The van der Waals surface area contributed by atoms with Crippen LogP contribution in [0.25, 0.3) is 10.9 Å². The van der Waals surface area contributed by atoms with Gasteiger partial charge in [-0.05, 0) is 38.0 Å². The number of non-ortho nitro benzene ring substituents is 1. The van der Waals surface area contributed by atoms with Crippen molar-refractivity contribution in [2.24, 2.45) is 5.41 Å². The largest absolute Gasteiger partial charge is 0.361 e. The molecule has 0 amide bonds. The van der Waals surface area contributed by atoms with Crippen LogP contribution in [0.5, 0.6) is 5.75 Å². The van der Waals surface area contributed by atoms with E-state index in [1.165, 1.54) is 18.3 Å². The molecule has 122 valence electrons. The minimum atomic E-state index is -0.635. The van der Waals surface area contributed by atoms with Gasteiger partial charge in [0, 0.05) is 12.3 Å². The highest BCUT2D eigenvalue weighted by molar-refractivity contribution is 5.92. The van der Waals surface area contributed by atoms with Crippen LogP contribution in [0, 0.1) is 15.5 Å². The highest BCUT2D eigenvalue weighted by Gasteiger charge is 2.32. The molecule has 23 heavy (non-hydrogen) atoms. The van der Waals surface area contributed by atoms with Gasteiger partial charge in [0.1, 0.15) is 5.52 Å². The van der Waals surface area contributed by atoms with E-state index in [-0.39, 0.29) is 17.0 Å². The molecule has 0 saturated heterocycles. The van der Waals surface area contributed by atoms with Gasteiger partial charge in [0.05, 0.1) is 15.7 Å². The summed E-state index contributed by atoms with van der Waals surface area (Å²) >= 11 is 0. The van der Waals surface area contributed by atoms with Crippen molar-refractivity contribution >= 4 is 22.6 Å². The summed E-state index contributed by atoms with van der Waals surface area (Å²) in [4.78, 5) is 36.8. The molecule has 2 aromatic rings.